The molecule has 1 aliphatic heterocycles. The molecular formula is C22H21FN2O3. The fourth-order valence-corrected chi connectivity index (χ4v) is 3.30. The highest BCUT2D eigenvalue weighted by molar-refractivity contribution is 5.51. The molecule has 0 atom stereocenters. The van der Waals surface area contributed by atoms with Gasteiger partial charge in [0, 0.05) is 49.2 Å². The molecule has 1 aliphatic rings. The van der Waals surface area contributed by atoms with Crippen LogP contribution in [0.1, 0.15) is 16.7 Å². The van der Waals surface area contributed by atoms with Crippen molar-refractivity contribution in [1.82, 2.24) is 9.88 Å². The molecule has 2 aromatic carbocycles. The molecule has 4 rings (SSSR count). The fraction of sp³-hybridized carbons (Fsp3) is 0.227. The summed E-state index contributed by atoms with van der Waals surface area (Å²) in [6, 6.07) is 14.5. The van der Waals surface area contributed by atoms with Gasteiger partial charge in [0.25, 0.3) is 0 Å². The first-order valence-corrected chi connectivity index (χ1v) is 9.04. The standard InChI is InChI=1S/C22H21FN2O3/c1-26-20-10-22-21(27-15-28-22)9-18(20)14-25(12-16-5-4-8-24-11-16)13-17-6-2-3-7-19(17)23/h2-11H,12-15H2,1H3. The first kappa shape index (κ1) is 18.3. The number of halogens is 1. The molecular weight excluding hydrogens is 359 g/mol. The second-order valence-electron chi connectivity index (χ2n) is 6.62. The summed E-state index contributed by atoms with van der Waals surface area (Å²) in [5, 5.41) is 0. The minimum Gasteiger partial charge on any atom is -0.496 e. The summed E-state index contributed by atoms with van der Waals surface area (Å²) in [5.41, 5.74) is 2.65. The van der Waals surface area contributed by atoms with Crippen LogP contribution in [0.2, 0.25) is 0 Å². The van der Waals surface area contributed by atoms with Crippen LogP contribution in [0.3, 0.4) is 0 Å². The molecule has 3 aromatic rings. The van der Waals surface area contributed by atoms with Crippen LogP contribution in [0.4, 0.5) is 4.39 Å². The highest BCUT2D eigenvalue weighted by Crippen LogP contribution is 2.38. The van der Waals surface area contributed by atoms with Crippen LogP contribution < -0.4 is 14.2 Å². The number of ether oxygens (including phenoxy) is 3. The van der Waals surface area contributed by atoms with E-state index in [0.717, 1.165) is 11.1 Å². The Morgan fingerprint density at radius 1 is 1.00 bits per heavy atom. The van der Waals surface area contributed by atoms with Crippen molar-refractivity contribution < 1.29 is 18.6 Å². The summed E-state index contributed by atoms with van der Waals surface area (Å²) in [7, 11) is 1.63. The number of pyridine rings is 1. The molecule has 0 N–H and O–H groups in total. The molecule has 1 aromatic heterocycles. The minimum absolute atomic E-state index is 0.205. The van der Waals surface area contributed by atoms with E-state index < -0.39 is 0 Å². The average Bonchev–Trinajstić information content (AvgIpc) is 3.17. The van der Waals surface area contributed by atoms with Gasteiger partial charge in [-0.05, 0) is 23.8 Å². The highest BCUT2D eigenvalue weighted by Gasteiger charge is 2.20. The lowest BCUT2D eigenvalue weighted by Gasteiger charge is -2.24. The molecule has 0 radical (unpaired) electrons. The van der Waals surface area contributed by atoms with Gasteiger partial charge >= 0.3 is 0 Å². The largest absolute Gasteiger partial charge is 0.496 e. The maximum absolute atomic E-state index is 14.3. The molecule has 0 saturated heterocycles. The van der Waals surface area contributed by atoms with E-state index in [0.29, 0.717) is 42.4 Å². The van der Waals surface area contributed by atoms with E-state index in [1.807, 2.05) is 42.6 Å². The van der Waals surface area contributed by atoms with Gasteiger partial charge < -0.3 is 14.2 Å². The topological polar surface area (TPSA) is 43.8 Å². The Labute approximate surface area is 163 Å². The summed E-state index contributed by atoms with van der Waals surface area (Å²) in [6.07, 6.45) is 3.57. The summed E-state index contributed by atoms with van der Waals surface area (Å²) < 4.78 is 30.7. The number of rotatable bonds is 7. The van der Waals surface area contributed by atoms with Crippen molar-refractivity contribution in [3.05, 3.63) is 83.4 Å². The lowest BCUT2D eigenvalue weighted by atomic mass is 10.1. The predicted molar refractivity (Wildman–Crippen MR) is 103 cm³/mol. The lowest BCUT2D eigenvalue weighted by Crippen LogP contribution is -2.23. The SMILES string of the molecule is COc1cc2c(cc1CN(Cc1cccnc1)Cc1ccccc1F)OCO2. The predicted octanol–water partition coefficient (Wildman–Crippen LogP) is 4.16. The molecule has 0 amide bonds. The third-order valence-electron chi connectivity index (χ3n) is 4.65. The molecule has 5 nitrogen and oxygen atoms in total. The van der Waals surface area contributed by atoms with E-state index in [1.165, 1.54) is 6.07 Å². The van der Waals surface area contributed by atoms with Crippen LogP contribution in [-0.4, -0.2) is 23.8 Å². The van der Waals surface area contributed by atoms with Gasteiger partial charge in [-0.3, -0.25) is 9.88 Å². The number of benzene rings is 2. The van der Waals surface area contributed by atoms with E-state index in [1.54, 1.807) is 19.4 Å². The van der Waals surface area contributed by atoms with Crippen molar-refractivity contribution >= 4 is 0 Å². The highest BCUT2D eigenvalue weighted by atomic mass is 19.1. The van der Waals surface area contributed by atoms with Crippen molar-refractivity contribution in [1.29, 1.82) is 0 Å². The van der Waals surface area contributed by atoms with E-state index in [-0.39, 0.29) is 12.6 Å². The molecule has 0 fully saturated rings. The van der Waals surface area contributed by atoms with Crippen LogP contribution in [0.5, 0.6) is 17.2 Å². The quantitative estimate of drug-likeness (QED) is 0.616. The van der Waals surface area contributed by atoms with Crippen LogP contribution >= 0.6 is 0 Å². The Hall–Kier alpha value is -3.12. The number of hydrogen-bond acceptors (Lipinski definition) is 5. The monoisotopic (exact) mass is 380 g/mol. The summed E-state index contributed by atoms with van der Waals surface area (Å²) in [5.74, 6) is 1.88. The third-order valence-corrected chi connectivity index (χ3v) is 4.65. The zero-order valence-corrected chi connectivity index (χ0v) is 15.6. The Morgan fingerprint density at radius 2 is 1.79 bits per heavy atom. The summed E-state index contributed by atoms with van der Waals surface area (Å²) in [6.45, 7) is 1.85. The normalized spacial score (nSPS) is 12.4. The van der Waals surface area contributed by atoms with Crippen LogP contribution in [0.25, 0.3) is 0 Å². The van der Waals surface area contributed by atoms with Gasteiger partial charge in [-0.1, -0.05) is 24.3 Å². The van der Waals surface area contributed by atoms with E-state index in [9.17, 15) is 4.39 Å². The Kier molecular flexibility index (Phi) is 5.39. The zero-order valence-electron chi connectivity index (χ0n) is 15.6. The van der Waals surface area contributed by atoms with Crippen LogP contribution in [0.15, 0.2) is 60.9 Å². The van der Waals surface area contributed by atoms with Crippen molar-refractivity contribution in [2.75, 3.05) is 13.9 Å². The Morgan fingerprint density at radius 3 is 2.54 bits per heavy atom. The van der Waals surface area contributed by atoms with E-state index >= 15 is 0 Å². The van der Waals surface area contributed by atoms with Gasteiger partial charge in [0.1, 0.15) is 11.6 Å². The maximum atomic E-state index is 14.3. The van der Waals surface area contributed by atoms with E-state index in [4.69, 9.17) is 14.2 Å². The molecule has 6 heteroatoms. The van der Waals surface area contributed by atoms with Gasteiger partial charge in [0.15, 0.2) is 11.5 Å². The number of methoxy groups -OCH3 is 1. The number of fused-ring (bicyclic) bond motifs is 1. The van der Waals surface area contributed by atoms with Crippen LogP contribution in [-0.2, 0) is 19.6 Å². The second-order valence-corrected chi connectivity index (χ2v) is 6.62. The zero-order chi connectivity index (χ0) is 19.3. The smallest absolute Gasteiger partial charge is 0.231 e. The Balaban J connectivity index is 1.63. The third kappa shape index (κ3) is 4.07. The molecule has 0 bridgehead atoms. The maximum Gasteiger partial charge on any atom is 0.231 e. The van der Waals surface area contributed by atoms with Gasteiger partial charge in [-0.2, -0.15) is 0 Å². The summed E-state index contributed by atoms with van der Waals surface area (Å²) >= 11 is 0. The van der Waals surface area contributed by atoms with E-state index in [2.05, 4.69) is 9.88 Å². The molecule has 0 aliphatic carbocycles. The first-order valence-electron chi connectivity index (χ1n) is 9.04. The van der Waals surface area contributed by atoms with Gasteiger partial charge in [0.2, 0.25) is 6.79 Å². The molecule has 0 spiro atoms. The Bertz CT molecular complexity index is 950. The molecule has 144 valence electrons. The molecule has 28 heavy (non-hydrogen) atoms. The first-order chi connectivity index (χ1) is 13.7. The number of aromatic nitrogens is 1. The van der Waals surface area contributed by atoms with Crippen molar-refractivity contribution in [2.45, 2.75) is 19.6 Å². The van der Waals surface area contributed by atoms with Crippen molar-refractivity contribution in [3.8, 4) is 17.2 Å². The minimum atomic E-state index is -0.212. The molecule has 2 heterocycles. The summed E-state index contributed by atoms with van der Waals surface area (Å²) in [4.78, 5) is 6.34. The average molecular weight is 380 g/mol. The molecule has 0 unspecified atom stereocenters. The number of nitrogens with zero attached hydrogens (tertiary/aromatic N) is 2. The van der Waals surface area contributed by atoms with Gasteiger partial charge in [-0.15, -0.1) is 0 Å². The van der Waals surface area contributed by atoms with Gasteiger partial charge in [0.05, 0.1) is 7.11 Å². The lowest BCUT2D eigenvalue weighted by molar-refractivity contribution is 0.173. The molecule has 0 saturated carbocycles. The van der Waals surface area contributed by atoms with Gasteiger partial charge in [-0.25, -0.2) is 4.39 Å². The fourth-order valence-electron chi connectivity index (χ4n) is 3.30. The van der Waals surface area contributed by atoms with Crippen LogP contribution in [0, 0.1) is 5.82 Å². The second kappa shape index (κ2) is 8.27. The van der Waals surface area contributed by atoms with Crippen molar-refractivity contribution in [2.24, 2.45) is 0 Å². The van der Waals surface area contributed by atoms with Crippen molar-refractivity contribution in [3.63, 3.8) is 0 Å². The number of hydrogen-bond donors (Lipinski definition) is 0.